The fourth-order valence-electron chi connectivity index (χ4n) is 3.78. The normalized spacial score (nSPS) is 10.6. The Morgan fingerprint density at radius 1 is 1.06 bits per heavy atom. The average Bonchev–Trinajstić information content (AvgIpc) is 2.85. The molecule has 0 unspecified atom stereocenters. The molecule has 0 fully saturated rings. The first-order chi connectivity index (χ1) is 16.5. The quantitative estimate of drug-likeness (QED) is 0.206. The van der Waals surface area contributed by atoms with E-state index in [0.29, 0.717) is 17.8 Å². The lowest BCUT2D eigenvalue weighted by Crippen LogP contribution is -2.20. The molecule has 0 aliphatic carbocycles. The minimum absolute atomic E-state index is 0.0229. The summed E-state index contributed by atoms with van der Waals surface area (Å²) in [6.07, 6.45) is 1.29. The maximum Gasteiger partial charge on any atom is 0.354 e. The zero-order chi connectivity index (χ0) is 24.1. The number of nitro groups is 1. The highest BCUT2D eigenvalue weighted by Gasteiger charge is 2.28. The number of ether oxygens (including phenoxy) is 1. The Morgan fingerprint density at radius 3 is 2.59 bits per heavy atom. The molecule has 0 radical (unpaired) electrons. The second-order valence-electron chi connectivity index (χ2n) is 7.32. The van der Waals surface area contributed by atoms with E-state index in [-0.39, 0.29) is 23.9 Å². The lowest BCUT2D eigenvalue weighted by molar-refractivity contribution is -0.383. The highest BCUT2D eigenvalue weighted by Crippen LogP contribution is 2.39. The van der Waals surface area contributed by atoms with Crippen LogP contribution in [0.25, 0.3) is 10.8 Å². The van der Waals surface area contributed by atoms with Gasteiger partial charge in [-0.2, -0.15) is 0 Å². The molecule has 34 heavy (non-hydrogen) atoms. The van der Waals surface area contributed by atoms with Crippen LogP contribution < -0.4 is 10.2 Å². The summed E-state index contributed by atoms with van der Waals surface area (Å²) in [5, 5.41) is 17.1. The Labute approximate surface area is 196 Å². The van der Waals surface area contributed by atoms with Crippen molar-refractivity contribution in [2.24, 2.45) is 0 Å². The van der Waals surface area contributed by atoms with Crippen molar-refractivity contribution in [2.75, 3.05) is 23.4 Å². The number of nitrogens with one attached hydrogen (secondary N) is 1. The zero-order valence-electron chi connectivity index (χ0n) is 18.8. The Kier molecular flexibility index (Phi) is 6.63. The number of fused-ring (bicyclic) bond motifs is 1. The standard InChI is InChI=1S/C25H23N5O4/c1-3-29(21-14-8-10-17-9-5-6-13-20(17)21)24-22(30(32)33)23(26-16-27-24)28-19-12-7-11-18(15-19)25(31)34-4-2/h5-16H,3-4H2,1-2H3,(H,26,27,28). The Balaban J connectivity index is 1.78. The molecule has 0 aliphatic heterocycles. The van der Waals surface area contributed by atoms with Gasteiger partial charge >= 0.3 is 11.7 Å². The van der Waals surface area contributed by atoms with Gasteiger partial charge in [0.05, 0.1) is 22.8 Å². The molecule has 0 saturated heterocycles. The summed E-state index contributed by atoms with van der Waals surface area (Å²) in [5.41, 5.74) is 1.33. The van der Waals surface area contributed by atoms with Crippen LogP contribution in [0.15, 0.2) is 73.1 Å². The van der Waals surface area contributed by atoms with E-state index in [1.807, 2.05) is 49.4 Å². The first kappa shape index (κ1) is 22.7. The van der Waals surface area contributed by atoms with E-state index in [9.17, 15) is 14.9 Å². The van der Waals surface area contributed by atoms with Gasteiger partial charge in [0.1, 0.15) is 6.33 Å². The predicted molar refractivity (Wildman–Crippen MR) is 131 cm³/mol. The molecular formula is C25H23N5O4. The maximum atomic E-state index is 12.2. The Hall–Kier alpha value is -4.53. The summed E-state index contributed by atoms with van der Waals surface area (Å²) < 4.78 is 5.04. The predicted octanol–water partition coefficient (Wildman–Crippen LogP) is 5.62. The second-order valence-corrected chi connectivity index (χ2v) is 7.32. The summed E-state index contributed by atoms with van der Waals surface area (Å²) in [6, 6.07) is 20.2. The fraction of sp³-hybridized carbons (Fsp3) is 0.160. The van der Waals surface area contributed by atoms with Gasteiger partial charge in [0, 0.05) is 17.6 Å². The summed E-state index contributed by atoms with van der Waals surface area (Å²) in [4.78, 5) is 34.0. The molecule has 0 bridgehead atoms. The highest BCUT2D eigenvalue weighted by molar-refractivity contribution is 5.97. The molecule has 0 amide bonds. The van der Waals surface area contributed by atoms with E-state index in [2.05, 4.69) is 15.3 Å². The van der Waals surface area contributed by atoms with E-state index in [1.54, 1.807) is 36.1 Å². The second kappa shape index (κ2) is 9.95. The average molecular weight is 457 g/mol. The van der Waals surface area contributed by atoms with Crippen molar-refractivity contribution >= 4 is 45.4 Å². The number of hydrogen-bond acceptors (Lipinski definition) is 8. The number of anilines is 4. The number of hydrogen-bond donors (Lipinski definition) is 1. The maximum absolute atomic E-state index is 12.2. The minimum Gasteiger partial charge on any atom is -0.462 e. The molecule has 1 heterocycles. The molecule has 3 aromatic carbocycles. The van der Waals surface area contributed by atoms with Crippen molar-refractivity contribution in [2.45, 2.75) is 13.8 Å². The third-order valence-electron chi connectivity index (χ3n) is 5.25. The summed E-state index contributed by atoms with van der Waals surface area (Å²) in [6.45, 7) is 4.33. The van der Waals surface area contributed by atoms with Crippen molar-refractivity contribution in [1.29, 1.82) is 0 Å². The van der Waals surface area contributed by atoms with E-state index in [4.69, 9.17) is 4.74 Å². The van der Waals surface area contributed by atoms with Gasteiger partial charge in [-0.15, -0.1) is 0 Å². The number of carbonyl (C=O) groups is 1. The van der Waals surface area contributed by atoms with E-state index < -0.39 is 10.9 Å². The molecule has 1 N–H and O–H groups in total. The summed E-state index contributed by atoms with van der Waals surface area (Å²) >= 11 is 0. The number of aromatic nitrogens is 2. The Morgan fingerprint density at radius 2 is 1.82 bits per heavy atom. The molecular weight excluding hydrogens is 434 g/mol. The molecule has 4 aromatic rings. The summed E-state index contributed by atoms with van der Waals surface area (Å²) in [5.74, 6) is -0.283. The third-order valence-corrected chi connectivity index (χ3v) is 5.25. The topological polar surface area (TPSA) is 110 Å². The molecule has 0 atom stereocenters. The largest absolute Gasteiger partial charge is 0.462 e. The van der Waals surface area contributed by atoms with Crippen LogP contribution in [0.2, 0.25) is 0 Å². The molecule has 0 aliphatic rings. The molecule has 172 valence electrons. The van der Waals surface area contributed by atoms with Crippen LogP contribution in [-0.4, -0.2) is 34.0 Å². The van der Waals surface area contributed by atoms with Gasteiger partial charge in [-0.05, 0) is 43.5 Å². The number of nitrogens with zero attached hydrogens (tertiary/aromatic N) is 4. The van der Waals surface area contributed by atoms with Crippen molar-refractivity contribution in [1.82, 2.24) is 9.97 Å². The molecule has 0 saturated carbocycles. The summed E-state index contributed by atoms with van der Waals surface area (Å²) in [7, 11) is 0. The van der Waals surface area contributed by atoms with Gasteiger partial charge in [-0.3, -0.25) is 10.1 Å². The van der Waals surface area contributed by atoms with Crippen molar-refractivity contribution in [3.05, 3.63) is 88.7 Å². The van der Waals surface area contributed by atoms with Crippen LogP contribution in [0.1, 0.15) is 24.2 Å². The van der Waals surface area contributed by atoms with Crippen LogP contribution >= 0.6 is 0 Å². The van der Waals surface area contributed by atoms with Crippen LogP contribution in [-0.2, 0) is 4.74 Å². The minimum atomic E-state index is -0.499. The Bertz CT molecular complexity index is 1350. The smallest absolute Gasteiger partial charge is 0.354 e. The lowest BCUT2D eigenvalue weighted by Gasteiger charge is -2.24. The molecule has 1 aromatic heterocycles. The van der Waals surface area contributed by atoms with Crippen molar-refractivity contribution < 1.29 is 14.5 Å². The highest BCUT2D eigenvalue weighted by atomic mass is 16.6. The number of esters is 1. The first-order valence-corrected chi connectivity index (χ1v) is 10.8. The van der Waals surface area contributed by atoms with E-state index in [0.717, 1.165) is 16.5 Å². The van der Waals surface area contributed by atoms with Crippen molar-refractivity contribution in [3.63, 3.8) is 0 Å². The first-order valence-electron chi connectivity index (χ1n) is 10.8. The van der Waals surface area contributed by atoms with Gasteiger partial charge in [-0.1, -0.05) is 42.5 Å². The number of carbonyl (C=O) groups excluding carboxylic acids is 1. The van der Waals surface area contributed by atoms with E-state index >= 15 is 0 Å². The van der Waals surface area contributed by atoms with Gasteiger partial charge < -0.3 is 15.0 Å². The van der Waals surface area contributed by atoms with Crippen LogP contribution in [0.5, 0.6) is 0 Å². The lowest BCUT2D eigenvalue weighted by atomic mass is 10.1. The van der Waals surface area contributed by atoms with Crippen LogP contribution in [0, 0.1) is 10.1 Å². The molecule has 4 rings (SSSR count). The van der Waals surface area contributed by atoms with E-state index in [1.165, 1.54) is 6.33 Å². The van der Waals surface area contributed by atoms with Gasteiger partial charge in [0.2, 0.25) is 11.6 Å². The van der Waals surface area contributed by atoms with Gasteiger partial charge in [0.15, 0.2) is 0 Å². The van der Waals surface area contributed by atoms with Gasteiger partial charge in [0.25, 0.3) is 0 Å². The monoisotopic (exact) mass is 457 g/mol. The third kappa shape index (κ3) is 4.49. The number of benzene rings is 3. The van der Waals surface area contributed by atoms with Crippen LogP contribution in [0.3, 0.4) is 0 Å². The fourth-order valence-corrected chi connectivity index (χ4v) is 3.78. The zero-order valence-corrected chi connectivity index (χ0v) is 18.8. The van der Waals surface area contributed by atoms with Gasteiger partial charge in [-0.25, -0.2) is 14.8 Å². The SMILES string of the molecule is CCOC(=O)c1cccc(Nc2ncnc(N(CC)c3cccc4ccccc34)c2[N+](=O)[O-])c1. The number of rotatable bonds is 8. The molecule has 9 nitrogen and oxygen atoms in total. The molecule has 9 heteroatoms. The van der Waals surface area contributed by atoms with Crippen LogP contribution in [0.4, 0.5) is 28.7 Å². The molecule has 0 spiro atoms. The van der Waals surface area contributed by atoms with Crippen molar-refractivity contribution in [3.8, 4) is 0 Å².